The molecular formula is C14H23NO2. The van der Waals surface area contributed by atoms with E-state index in [9.17, 15) is 0 Å². The van der Waals surface area contributed by atoms with E-state index in [1.807, 2.05) is 12.1 Å². The molecule has 0 aromatic heterocycles. The summed E-state index contributed by atoms with van der Waals surface area (Å²) in [5, 5.41) is 12.3. The second-order valence-electron chi connectivity index (χ2n) is 4.53. The number of benzene rings is 1. The summed E-state index contributed by atoms with van der Waals surface area (Å²) in [5.41, 5.74) is 1.29. The van der Waals surface area contributed by atoms with Gasteiger partial charge < -0.3 is 15.2 Å². The van der Waals surface area contributed by atoms with Crippen molar-refractivity contribution in [3.8, 4) is 5.75 Å². The number of aliphatic hydroxyl groups excluding tert-OH is 1. The molecule has 1 rings (SSSR count). The van der Waals surface area contributed by atoms with Gasteiger partial charge in [0.25, 0.3) is 0 Å². The predicted molar refractivity (Wildman–Crippen MR) is 70.5 cm³/mol. The lowest BCUT2D eigenvalue weighted by Gasteiger charge is -2.19. The summed E-state index contributed by atoms with van der Waals surface area (Å²) in [6.07, 6.45) is 1.78. The molecule has 0 aliphatic carbocycles. The third kappa shape index (κ3) is 5.20. The Kier molecular flexibility index (Phi) is 6.01. The smallest absolute Gasteiger partial charge is 0.118 e. The zero-order valence-electron chi connectivity index (χ0n) is 10.9. The second kappa shape index (κ2) is 7.30. The first-order valence-corrected chi connectivity index (χ1v) is 6.15. The largest absolute Gasteiger partial charge is 0.497 e. The fraction of sp³-hybridized carbons (Fsp3) is 0.571. The van der Waals surface area contributed by atoms with E-state index in [1.54, 1.807) is 7.11 Å². The Balaban J connectivity index is 2.41. The van der Waals surface area contributed by atoms with Crippen molar-refractivity contribution in [1.29, 1.82) is 0 Å². The van der Waals surface area contributed by atoms with Crippen molar-refractivity contribution in [2.75, 3.05) is 13.7 Å². The van der Waals surface area contributed by atoms with Crippen LogP contribution >= 0.6 is 0 Å². The topological polar surface area (TPSA) is 41.5 Å². The highest BCUT2D eigenvalue weighted by molar-refractivity contribution is 5.27. The van der Waals surface area contributed by atoms with Gasteiger partial charge in [-0.25, -0.2) is 0 Å². The van der Waals surface area contributed by atoms with Crippen molar-refractivity contribution in [2.24, 2.45) is 0 Å². The quantitative estimate of drug-likeness (QED) is 0.762. The van der Waals surface area contributed by atoms with Crippen LogP contribution in [0.4, 0.5) is 0 Å². The predicted octanol–water partition coefficient (Wildman–Crippen LogP) is 1.99. The fourth-order valence-electron chi connectivity index (χ4n) is 1.94. The summed E-state index contributed by atoms with van der Waals surface area (Å²) in [6.45, 7) is 4.50. The molecule has 0 bridgehead atoms. The van der Waals surface area contributed by atoms with Crippen LogP contribution in [0.3, 0.4) is 0 Å². The zero-order chi connectivity index (χ0) is 12.7. The maximum Gasteiger partial charge on any atom is 0.118 e. The van der Waals surface area contributed by atoms with Gasteiger partial charge in [-0.2, -0.15) is 0 Å². The molecule has 1 aromatic rings. The van der Waals surface area contributed by atoms with Crippen LogP contribution in [-0.2, 0) is 6.42 Å². The van der Waals surface area contributed by atoms with Crippen LogP contribution in [0.1, 0.15) is 25.8 Å². The average molecular weight is 237 g/mol. The molecular weight excluding hydrogens is 214 g/mol. The van der Waals surface area contributed by atoms with Gasteiger partial charge in [0.1, 0.15) is 5.75 Å². The van der Waals surface area contributed by atoms with Crippen molar-refractivity contribution < 1.29 is 9.84 Å². The zero-order valence-corrected chi connectivity index (χ0v) is 10.9. The molecule has 2 atom stereocenters. The number of hydrogen-bond donors (Lipinski definition) is 2. The Morgan fingerprint density at radius 1 is 1.18 bits per heavy atom. The SMILES string of the molecule is COc1ccc(CC(C)NC(C)CCO)cc1. The standard InChI is InChI=1S/C14H23NO2/c1-11(8-9-16)15-12(2)10-13-4-6-14(17-3)7-5-13/h4-7,11-12,15-16H,8-10H2,1-3H3. The van der Waals surface area contributed by atoms with E-state index < -0.39 is 0 Å². The molecule has 1 aromatic carbocycles. The van der Waals surface area contributed by atoms with E-state index in [4.69, 9.17) is 9.84 Å². The maximum absolute atomic E-state index is 8.84. The third-order valence-electron chi connectivity index (χ3n) is 2.83. The minimum absolute atomic E-state index is 0.240. The van der Waals surface area contributed by atoms with Gasteiger partial charge in [-0.1, -0.05) is 12.1 Å². The lowest BCUT2D eigenvalue weighted by molar-refractivity contribution is 0.264. The Bertz CT molecular complexity index is 311. The Labute approximate surface area is 104 Å². The molecule has 17 heavy (non-hydrogen) atoms. The number of aliphatic hydroxyl groups is 1. The molecule has 96 valence electrons. The Hall–Kier alpha value is -1.06. The minimum Gasteiger partial charge on any atom is -0.497 e. The average Bonchev–Trinajstić information content (AvgIpc) is 2.30. The number of hydrogen-bond acceptors (Lipinski definition) is 3. The summed E-state index contributed by atoms with van der Waals surface area (Å²) < 4.78 is 5.13. The van der Waals surface area contributed by atoms with Gasteiger partial charge in [0, 0.05) is 18.7 Å². The monoisotopic (exact) mass is 237 g/mol. The van der Waals surface area contributed by atoms with Gasteiger partial charge in [0.05, 0.1) is 7.11 Å². The summed E-state index contributed by atoms with van der Waals surface area (Å²) >= 11 is 0. The van der Waals surface area contributed by atoms with Gasteiger partial charge in [-0.05, 0) is 44.4 Å². The molecule has 3 nitrogen and oxygen atoms in total. The van der Waals surface area contributed by atoms with Crippen LogP contribution in [0.5, 0.6) is 5.75 Å². The van der Waals surface area contributed by atoms with Crippen molar-refractivity contribution in [3.05, 3.63) is 29.8 Å². The molecule has 2 unspecified atom stereocenters. The summed E-state index contributed by atoms with van der Waals surface area (Å²) in [5.74, 6) is 0.892. The van der Waals surface area contributed by atoms with Crippen LogP contribution in [0, 0.1) is 0 Å². The third-order valence-corrected chi connectivity index (χ3v) is 2.83. The summed E-state index contributed by atoms with van der Waals surface area (Å²) in [4.78, 5) is 0. The Morgan fingerprint density at radius 2 is 1.82 bits per heavy atom. The van der Waals surface area contributed by atoms with E-state index in [0.717, 1.165) is 18.6 Å². The lowest BCUT2D eigenvalue weighted by Crippen LogP contribution is -2.36. The van der Waals surface area contributed by atoms with Crippen molar-refractivity contribution >= 4 is 0 Å². The molecule has 0 saturated heterocycles. The van der Waals surface area contributed by atoms with Crippen LogP contribution in [0.25, 0.3) is 0 Å². The van der Waals surface area contributed by atoms with Gasteiger partial charge in [-0.15, -0.1) is 0 Å². The van der Waals surface area contributed by atoms with E-state index in [-0.39, 0.29) is 6.61 Å². The summed E-state index contributed by atoms with van der Waals surface area (Å²) in [6, 6.07) is 8.91. The second-order valence-corrected chi connectivity index (χ2v) is 4.53. The molecule has 0 heterocycles. The molecule has 0 aliphatic heterocycles. The Morgan fingerprint density at radius 3 is 2.35 bits per heavy atom. The van der Waals surface area contributed by atoms with Gasteiger partial charge in [-0.3, -0.25) is 0 Å². The van der Waals surface area contributed by atoms with E-state index >= 15 is 0 Å². The lowest BCUT2D eigenvalue weighted by atomic mass is 10.1. The minimum atomic E-state index is 0.240. The van der Waals surface area contributed by atoms with E-state index in [0.29, 0.717) is 12.1 Å². The first kappa shape index (κ1) is 14.0. The first-order chi connectivity index (χ1) is 8.15. The number of ether oxygens (including phenoxy) is 1. The number of rotatable bonds is 7. The van der Waals surface area contributed by atoms with Crippen LogP contribution in [0.2, 0.25) is 0 Å². The highest BCUT2D eigenvalue weighted by Gasteiger charge is 2.07. The highest BCUT2D eigenvalue weighted by atomic mass is 16.5. The molecule has 2 N–H and O–H groups in total. The first-order valence-electron chi connectivity index (χ1n) is 6.15. The van der Waals surface area contributed by atoms with Gasteiger partial charge in [0.15, 0.2) is 0 Å². The van der Waals surface area contributed by atoms with Crippen LogP contribution < -0.4 is 10.1 Å². The van der Waals surface area contributed by atoms with Crippen molar-refractivity contribution in [2.45, 2.75) is 38.8 Å². The normalized spacial score (nSPS) is 14.4. The molecule has 0 fully saturated rings. The van der Waals surface area contributed by atoms with Crippen LogP contribution in [0.15, 0.2) is 24.3 Å². The highest BCUT2D eigenvalue weighted by Crippen LogP contribution is 2.12. The van der Waals surface area contributed by atoms with Gasteiger partial charge >= 0.3 is 0 Å². The molecule has 0 amide bonds. The molecule has 0 aliphatic rings. The molecule has 0 radical (unpaired) electrons. The molecule has 3 heteroatoms. The van der Waals surface area contributed by atoms with Crippen molar-refractivity contribution in [1.82, 2.24) is 5.32 Å². The fourth-order valence-corrected chi connectivity index (χ4v) is 1.94. The van der Waals surface area contributed by atoms with Crippen LogP contribution in [-0.4, -0.2) is 30.9 Å². The van der Waals surface area contributed by atoms with Gasteiger partial charge in [0.2, 0.25) is 0 Å². The molecule has 0 saturated carbocycles. The number of methoxy groups -OCH3 is 1. The van der Waals surface area contributed by atoms with Crippen molar-refractivity contribution in [3.63, 3.8) is 0 Å². The van der Waals surface area contributed by atoms with E-state index in [1.165, 1.54) is 5.56 Å². The molecule has 0 spiro atoms. The maximum atomic E-state index is 8.84. The number of nitrogens with one attached hydrogen (secondary N) is 1. The summed E-state index contributed by atoms with van der Waals surface area (Å²) in [7, 11) is 1.68. The van der Waals surface area contributed by atoms with E-state index in [2.05, 4.69) is 31.3 Å².